The van der Waals surface area contributed by atoms with Gasteiger partial charge in [-0.05, 0) is 13.3 Å². The second-order valence-electron chi connectivity index (χ2n) is 3.57. The number of nitrogens with zero attached hydrogens (tertiary/aromatic N) is 1. The van der Waals surface area contributed by atoms with E-state index in [0.717, 1.165) is 0 Å². The van der Waals surface area contributed by atoms with E-state index in [1.807, 2.05) is 0 Å². The number of aliphatic hydroxyl groups is 2. The Morgan fingerprint density at radius 1 is 1.47 bits per heavy atom. The number of ether oxygens (including phenoxy) is 1. The van der Waals surface area contributed by atoms with E-state index in [9.17, 15) is 9.59 Å². The van der Waals surface area contributed by atoms with Gasteiger partial charge < -0.3 is 14.9 Å². The summed E-state index contributed by atoms with van der Waals surface area (Å²) < 4.78 is 6.57. The second kappa shape index (κ2) is 6.33. The number of H-pyrrole nitrogens is 1. The molecule has 3 N–H and O–H groups in total. The van der Waals surface area contributed by atoms with Crippen LogP contribution in [0, 0.1) is 0 Å². The monoisotopic (exact) mass is 244 g/mol. The van der Waals surface area contributed by atoms with Gasteiger partial charge >= 0.3 is 5.69 Å². The molecule has 1 rings (SSSR count). The molecule has 7 nitrogen and oxygen atoms in total. The minimum atomic E-state index is -0.636. The maximum atomic E-state index is 11.4. The summed E-state index contributed by atoms with van der Waals surface area (Å²) in [6.07, 6.45) is 0.412. The lowest BCUT2D eigenvalue weighted by molar-refractivity contribution is -0.0749. The summed E-state index contributed by atoms with van der Waals surface area (Å²) in [6, 6.07) is 1.21. The van der Waals surface area contributed by atoms with Crippen molar-refractivity contribution in [3.05, 3.63) is 33.1 Å². The van der Waals surface area contributed by atoms with E-state index in [-0.39, 0.29) is 19.6 Å². The Bertz CT molecular complexity index is 452. The first-order chi connectivity index (χ1) is 8.08. The van der Waals surface area contributed by atoms with Gasteiger partial charge in [0.1, 0.15) is 6.23 Å². The SMILES string of the molecule is CC(O[C@H](CO)CCO)n1ccc(=O)[nH]c1=O. The predicted molar refractivity (Wildman–Crippen MR) is 59.7 cm³/mol. The molecule has 96 valence electrons. The summed E-state index contributed by atoms with van der Waals surface area (Å²) >= 11 is 0. The molecule has 0 amide bonds. The van der Waals surface area contributed by atoms with E-state index in [2.05, 4.69) is 4.98 Å². The summed E-state index contributed by atoms with van der Waals surface area (Å²) in [6.45, 7) is 1.25. The third-order valence-electron chi connectivity index (χ3n) is 2.29. The highest BCUT2D eigenvalue weighted by atomic mass is 16.5. The van der Waals surface area contributed by atoms with Crippen molar-refractivity contribution in [2.45, 2.75) is 25.7 Å². The number of aromatic nitrogens is 2. The molecule has 0 aliphatic carbocycles. The van der Waals surface area contributed by atoms with Crippen molar-refractivity contribution < 1.29 is 14.9 Å². The smallest absolute Gasteiger partial charge is 0.330 e. The molecule has 0 saturated carbocycles. The zero-order valence-corrected chi connectivity index (χ0v) is 9.50. The highest BCUT2D eigenvalue weighted by Gasteiger charge is 2.14. The van der Waals surface area contributed by atoms with E-state index in [1.54, 1.807) is 6.92 Å². The number of nitrogens with one attached hydrogen (secondary N) is 1. The summed E-state index contributed by atoms with van der Waals surface area (Å²) in [7, 11) is 0. The van der Waals surface area contributed by atoms with Crippen LogP contribution < -0.4 is 11.2 Å². The van der Waals surface area contributed by atoms with E-state index in [1.165, 1.54) is 16.8 Å². The highest BCUT2D eigenvalue weighted by molar-refractivity contribution is 4.83. The van der Waals surface area contributed by atoms with Crippen molar-refractivity contribution in [2.75, 3.05) is 13.2 Å². The van der Waals surface area contributed by atoms with Crippen molar-refractivity contribution in [1.29, 1.82) is 0 Å². The van der Waals surface area contributed by atoms with Crippen molar-refractivity contribution in [2.24, 2.45) is 0 Å². The van der Waals surface area contributed by atoms with Crippen molar-refractivity contribution in [3.8, 4) is 0 Å². The zero-order chi connectivity index (χ0) is 12.8. The molecular formula is C10H16N2O5. The highest BCUT2D eigenvalue weighted by Crippen LogP contribution is 2.09. The fourth-order valence-corrected chi connectivity index (χ4v) is 1.40. The third kappa shape index (κ3) is 3.81. The summed E-state index contributed by atoms with van der Waals surface area (Å²) in [5, 5.41) is 17.7. The van der Waals surface area contributed by atoms with Gasteiger partial charge in [-0.25, -0.2) is 4.79 Å². The average Bonchev–Trinajstić information content (AvgIpc) is 2.28. The molecule has 2 atom stereocenters. The Kier molecular flexibility index (Phi) is 5.08. The molecule has 0 bridgehead atoms. The molecule has 0 fully saturated rings. The van der Waals surface area contributed by atoms with Gasteiger partial charge in [-0.3, -0.25) is 14.3 Å². The Labute approximate surface area is 97.3 Å². The molecule has 0 radical (unpaired) electrons. The van der Waals surface area contributed by atoms with E-state index in [0.29, 0.717) is 0 Å². The van der Waals surface area contributed by atoms with Gasteiger partial charge in [-0.2, -0.15) is 0 Å². The molecule has 1 heterocycles. The van der Waals surface area contributed by atoms with Crippen molar-refractivity contribution in [1.82, 2.24) is 9.55 Å². The minimum Gasteiger partial charge on any atom is -0.396 e. The quantitative estimate of drug-likeness (QED) is 0.584. The third-order valence-corrected chi connectivity index (χ3v) is 2.29. The maximum Gasteiger partial charge on any atom is 0.330 e. The van der Waals surface area contributed by atoms with Gasteiger partial charge in [0.2, 0.25) is 0 Å². The van der Waals surface area contributed by atoms with Crippen LogP contribution >= 0.6 is 0 Å². The van der Waals surface area contributed by atoms with Gasteiger partial charge in [-0.1, -0.05) is 0 Å². The molecule has 0 saturated heterocycles. The van der Waals surface area contributed by atoms with E-state index < -0.39 is 23.6 Å². The molecule has 0 aliphatic heterocycles. The van der Waals surface area contributed by atoms with Crippen LogP contribution in [0.3, 0.4) is 0 Å². The number of hydrogen-bond acceptors (Lipinski definition) is 5. The molecule has 0 spiro atoms. The van der Waals surface area contributed by atoms with Crippen LogP contribution in [0.2, 0.25) is 0 Å². The Morgan fingerprint density at radius 2 is 2.18 bits per heavy atom. The van der Waals surface area contributed by atoms with Crippen LogP contribution in [-0.2, 0) is 4.74 Å². The first-order valence-electron chi connectivity index (χ1n) is 5.27. The van der Waals surface area contributed by atoms with Crippen molar-refractivity contribution >= 4 is 0 Å². The van der Waals surface area contributed by atoms with Crippen LogP contribution in [-0.4, -0.2) is 39.1 Å². The minimum absolute atomic E-state index is 0.113. The van der Waals surface area contributed by atoms with Crippen LogP contribution in [0.25, 0.3) is 0 Å². The first kappa shape index (κ1) is 13.6. The van der Waals surface area contributed by atoms with Crippen LogP contribution in [0.15, 0.2) is 21.9 Å². The summed E-state index contributed by atoms with van der Waals surface area (Å²) in [5.74, 6) is 0. The van der Waals surface area contributed by atoms with Gasteiger partial charge in [0.05, 0.1) is 12.7 Å². The fourth-order valence-electron chi connectivity index (χ4n) is 1.40. The predicted octanol–water partition coefficient (Wildman–Crippen LogP) is -1.19. The first-order valence-corrected chi connectivity index (χ1v) is 5.27. The largest absolute Gasteiger partial charge is 0.396 e. The standard InChI is InChI=1S/C10H16N2O5/c1-7(17-8(6-14)3-5-13)12-4-2-9(15)11-10(12)16/h2,4,7-8,13-14H,3,5-6H2,1H3,(H,11,15,16)/t7?,8-/m0/s1. The number of aromatic amines is 1. The number of rotatable bonds is 6. The summed E-state index contributed by atoms with van der Waals surface area (Å²) in [5.41, 5.74) is -1.06. The Hall–Kier alpha value is -1.44. The molecule has 1 aromatic heterocycles. The molecule has 1 aromatic rings. The van der Waals surface area contributed by atoms with Crippen LogP contribution in [0.1, 0.15) is 19.6 Å². The Morgan fingerprint density at radius 3 is 2.71 bits per heavy atom. The van der Waals surface area contributed by atoms with Gasteiger partial charge in [-0.15, -0.1) is 0 Å². The normalized spacial score (nSPS) is 14.5. The Balaban J connectivity index is 2.78. The van der Waals surface area contributed by atoms with E-state index in [4.69, 9.17) is 14.9 Å². The molecule has 7 heteroatoms. The lowest BCUT2D eigenvalue weighted by Gasteiger charge is -2.21. The fraction of sp³-hybridized carbons (Fsp3) is 0.600. The number of hydrogen-bond donors (Lipinski definition) is 3. The maximum absolute atomic E-state index is 11.4. The van der Waals surface area contributed by atoms with Crippen LogP contribution in [0.5, 0.6) is 0 Å². The molecule has 1 unspecified atom stereocenters. The van der Waals surface area contributed by atoms with Crippen molar-refractivity contribution in [3.63, 3.8) is 0 Å². The number of aliphatic hydroxyl groups excluding tert-OH is 2. The summed E-state index contributed by atoms with van der Waals surface area (Å²) in [4.78, 5) is 24.4. The van der Waals surface area contributed by atoms with Gasteiger partial charge in [0.15, 0.2) is 0 Å². The van der Waals surface area contributed by atoms with Gasteiger partial charge in [0, 0.05) is 18.9 Å². The molecule has 0 aliphatic rings. The zero-order valence-electron chi connectivity index (χ0n) is 9.50. The molecule has 0 aromatic carbocycles. The van der Waals surface area contributed by atoms with E-state index >= 15 is 0 Å². The lowest BCUT2D eigenvalue weighted by Crippen LogP contribution is -2.33. The second-order valence-corrected chi connectivity index (χ2v) is 3.57. The van der Waals surface area contributed by atoms with Gasteiger partial charge in [0.25, 0.3) is 5.56 Å². The molecule has 17 heavy (non-hydrogen) atoms. The molecular weight excluding hydrogens is 228 g/mol. The van der Waals surface area contributed by atoms with Crippen LogP contribution in [0.4, 0.5) is 0 Å². The lowest BCUT2D eigenvalue weighted by atomic mass is 10.3. The topological polar surface area (TPSA) is 105 Å². The average molecular weight is 244 g/mol.